The maximum Gasteiger partial charge on any atom is 0.495 e. The Labute approximate surface area is 178 Å². The van der Waals surface area contributed by atoms with Gasteiger partial charge < -0.3 is 14.0 Å². The Bertz CT molecular complexity index is 1020. The van der Waals surface area contributed by atoms with Crippen LogP contribution in [0.3, 0.4) is 0 Å². The van der Waals surface area contributed by atoms with Crippen LogP contribution in [0, 0.1) is 17.7 Å². The van der Waals surface area contributed by atoms with Crippen LogP contribution in [0.15, 0.2) is 30.3 Å². The third kappa shape index (κ3) is 4.53. The van der Waals surface area contributed by atoms with E-state index >= 15 is 0 Å². The SMILES string of the molecule is CC(C)(C)OC(=O)CC#Cc1c(F)ccc2cccc(B3OC(C)(C)C(C)(C)O3)c12. The molecule has 1 aliphatic heterocycles. The van der Waals surface area contributed by atoms with E-state index in [0.717, 1.165) is 5.39 Å². The van der Waals surface area contributed by atoms with Gasteiger partial charge in [-0.25, -0.2) is 4.39 Å². The van der Waals surface area contributed by atoms with Crippen LogP contribution in [-0.4, -0.2) is 29.9 Å². The van der Waals surface area contributed by atoms with E-state index < -0.39 is 35.7 Å². The van der Waals surface area contributed by atoms with Gasteiger partial charge in [-0.3, -0.25) is 4.79 Å². The van der Waals surface area contributed by atoms with Crippen molar-refractivity contribution in [2.45, 2.75) is 71.7 Å². The molecular formula is C24H28BFO4. The van der Waals surface area contributed by atoms with Gasteiger partial charge in [0.1, 0.15) is 17.8 Å². The number of esters is 1. The monoisotopic (exact) mass is 410 g/mol. The molecule has 0 atom stereocenters. The van der Waals surface area contributed by atoms with Gasteiger partial charge in [-0.2, -0.15) is 0 Å². The fourth-order valence-electron chi connectivity index (χ4n) is 3.25. The second kappa shape index (κ2) is 7.72. The van der Waals surface area contributed by atoms with E-state index in [2.05, 4.69) is 11.8 Å². The number of rotatable bonds is 2. The molecule has 1 aliphatic rings. The lowest BCUT2D eigenvalue weighted by Gasteiger charge is -2.32. The highest BCUT2D eigenvalue weighted by Gasteiger charge is 2.52. The number of benzene rings is 2. The Hall–Kier alpha value is -2.36. The summed E-state index contributed by atoms with van der Waals surface area (Å²) in [4.78, 5) is 12.0. The van der Waals surface area contributed by atoms with Crippen LogP contribution in [0.2, 0.25) is 0 Å². The maximum atomic E-state index is 14.8. The van der Waals surface area contributed by atoms with Crippen LogP contribution in [0.25, 0.3) is 10.8 Å². The van der Waals surface area contributed by atoms with E-state index in [9.17, 15) is 9.18 Å². The van der Waals surface area contributed by atoms with Crippen LogP contribution < -0.4 is 5.46 Å². The second-order valence-electron chi connectivity index (χ2n) is 9.52. The van der Waals surface area contributed by atoms with Crippen LogP contribution in [0.4, 0.5) is 4.39 Å². The van der Waals surface area contributed by atoms with Gasteiger partial charge in [-0.15, -0.1) is 0 Å². The Morgan fingerprint density at radius 3 is 2.33 bits per heavy atom. The Balaban J connectivity index is 2.02. The van der Waals surface area contributed by atoms with Crippen LogP contribution in [0.1, 0.15) is 60.5 Å². The summed E-state index contributed by atoms with van der Waals surface area (Å²) < 4.78 is 32.4. The van der Waals surface area contributed by atoms with Crippen molar-refractivity contribution in [1.82, 2.24) is 0 Å². The van der Waals surface area contributed by atoms with Gasteiger partial charge in [0.05, 0.1) is 16.8 Å². The molecule has 0 radical (unpaired) electrons. The van der Waals surface area contributed by atoms with E-state index in [1.54, 1.807) is 26.8 Å². The zero-order valence-corrected chi connectivity index (χ0v) is 18.7. The minimum atomic E-state index is -0.646. The number of carbonyl (C=O) groups is 1. The number of carbonyl (C=O) groups excluding carboxylic acids is 1. The summed E-state index contributed by atoms with van der Waals surface area (Å²) in [6.07, 6.45) is -0.119. The lowest BCUT2D eigenvalue weighted by atomic mass is 9.75. The fourth-order valence-corrected chi connectivity index (χ4v) is 3.25. The van der Waals surface area contributed by atoms with Gasteiger partial charge in [0.25, 0.3) is 0 Å². The molecular weight excluding hydrogens is 382 g/mol. The Morgan fingerprint density at radius 2 is 1.73 bits per heavy atom. The van der Waals surface area contributed by atoms with Crippen molar-refractivity contribution in [3.05, 3.63) is 41.7 Å². The molecule has 3 rings (SSSR count). The van der Waals surface area contributed by atoms with Crippen LogP contribution in [-0.2, 0) is 18.8 Å². The predicted molar refractivity (Wildman–Crippen MR) is 117 cm³/mol. The lowest BCUT2D eigenvalue weighted by molar-refractivity contribution is -0.153. The van der Waals surface area contributed by atoms with Gasteiger partial charge in [-0.1, -0.05) is 36.1 Å². The molecule has 6 heteroatoms. The average Bonchev–Trinajstić information content (AvgIpc) is 2.82. The number of halogens is 1. The number of hydrogen-bond donors (Lipinski definition) is 0. The first kappa shape index (κ1) is 22.3. The van der Waals surface area contributed by atoms with E-state index in [1.807, 2.05) is 45.9 Å². The molecule has 158 valence electrons. The molecule has 30 heavy (non-hydrogen) atoms. The van der Waals surface area contributed by atoms with Crippen molar-refractivity contribution < 1.29 is 23.2 Å². The van der Waals surface area contributed by atoms with E-state index in [0.29, 0.717) is 10.8 Å². The number of hydrogen-bond acceptors (Lipinski definition) is 4. The highest BCUT2D eigenvalue weighted by Crippen LogP contribution is 2.37. The molecule has 0 aromatic heterocycles. The lowest BCUT2D eigenvalue weighted by Crippen LogP contribution is -2.41. The highest BCUT2D eigenvalue weighted by molar-refractivity contribution is 6.65. The van der Waals surface area contributed by atoms with Crippen LogP contribution in [0.5, 0.6) is 0 Å². The van der Waals surface area contributed by atoms with Gasteiger partial charge in [0.15, 0.2) is 0 Å². The first-order valence-corrected chi connectivity index (χ1v) is 10.1. The second-order valence-corrected chi connectivity index (χ2v) is 9.52. The summed E-state index contributed by atoms with van der Waals surface area (Å²) in [7, 11) is -0.646. The number of fused-ring (bicyclic) bond motifs is 1. The minimum absolute atomic E-state index is 0.119. The predicted octanol–water partition coefficient (Wildman–Crippen LogP) is 4.36. The molecule has 0 bridgehead atoms. The standard InChI is InChI=1S/C24H28BFO4/c1-22(2,3)28-20(27)13-9-11-17-19(26)15-14-16-10-8-12-18(21(16)17)25-29-23(4,5)24(6,7)30-25/h8,10,12,14-15H,13H2,1-7H3. The molecule has 1 fully saturated rings. The minimum Gasteiger partial charge on any atom is -0.459 e. The quantitative estimate of drug-likeness (QED) is 0.419. The fraction of sp³-hybridized carbons (Fsp3) is 0.458. The van der Waals surface area contributed by atoms with Gasteiger partial charge in [-0.05, 0) is 65.4 Å². The van der Waals surface area contributed by atoms with Crippen molar-refractivity contribution in [2.75, 3.05) is 0 Å². The molecule has 2 aromatic rings. The molecule has 1 saturated heterocycles. The molecule has 1 heterocycles. The summed E-state index contributed by atoms with van der Waals surface area (Å²) in [5.74, 6) is 4.70. The zero-order valence-electron chi connectivity index (χ0n) is 18.7. The molecule has 0 aliphatic carbocycles. The molecule has 4 nitrogen and oxygen atoms in total. The first-order valence-electron chi connectivity index (χ1n) is 10.1. The summed E-state index contributed by atoms with van der Waals surface area (Å²) >= 11 is 0. The van der Waals surface area contributed by atoms with Gasteiger partial charge in [0.2, 0.25) is 0 Å². The highest BCUT2D eigenvalue weighted by atomic mass is 19.1. The molecule has 0 N–H and O–H groups in total. The topological polar surface area (TPSA) is 44.8 Å². The van der Waals surface area contributed by atoms with Crippen molar-refractivity contribution in [3.8, 4) is 11.8 Å². The van der Waals surface area contributed by atoms with Crippen LogP contribution >= 0.6 is 0 Å². The summed E-state index contributed by atoms with van der Waals surface area (Å²) in [5.41, 5.74) is -0.688. The van der Waals surface area contributed by atoms with Gasteiger partial charge >= 0.3 is 13.1 Å². The molecule has 0 spiro atoms. The van der Waals surface area contributed by atoms with Crippen molar-refractivity contribution in [2.24, 2.45) is 0 Å². The largest absolute Gasteiger partial charge is 0.495 e. The molecule has 2 aromatic carbocycles. The number of ether oxygens (including phenoxy) is 1. The Kier molecular flexibility index (Phi) is 5.75. The normalized spacial score (nSPS) is 17.5. The molecule has 0 saturated carbocycles. The summed E-state index contributed by atoms with van der Waals surface area (Å²) in [6, 6.07) is 8.73. The first-order chi connectivity index (χ1) is 13.8. The van der Waals surface area contributed by atoms with E-state index in [4.69, 9.17) is 14.0 Å². The summed E-state index contributed by atoms with van der Waals surface area (Å²) in [6.45, 7) is 13.3. The Morgan fingerprint density at radius 1 is 1.10 bits per heavy atom. The third-order valence-electron chi connectivity index (χ3n) is 5.40. The summed E-state index contributed by atoms with van der Waals surface area (Å²) in [5, 5.41) is 1.46. The van der Waals surface area contributed by atoms with Gasteiger partial charge in [0, 0.05) is 5.39 Å². The average molecular weight is 410 g/mol. The van der Waals surface area contributed by atoms with Crippen molar-refractivity contribution >= 4 is 29.3 Å². The maximum absolute atomic E-state index is 14.8. The van der Waals surface area contributed by atoms with Crippen molar-refractivity contribution in [1.29, 1.82) is 0 Å². The van der Waals surface area contributed by atoms with E-state index in [-0.39, 0.29) is 12.0 Å². The third-order valence-corrected chi connectivity index (χ3v) is 5.40. The smallest absolute Gasteiger partial charge is 0.459 e. The zero-order chi connectivity index (χ0) is 22.3. The molecule has 0 unspecified atom stereocenters. The van der Waals surface area contributed by atoms with E-state index in [1.165, 1.54) is 6.07 Å². The molecule has 0 amide bonds. The van der Waals surface area contributed by atoms with Crippen molar-refractivity contribution in [3.63, 3.8) is 0 Å².